The predicted molar refractivity (Wildman–Crippen MR) is 83.1 cm³/mol. The number of aromatic amines is 1. The van der Waals surface area contributed by atoms with Crippen molar-refractivity contribution in [1.29, 1.82) is 0 Å². The van der Waals surface area contributed by atoms with E-state index in [0.717, 1.165) is 44.1 Å². The van der Waals surface area contributed by atoms with Gasteiger partial charge >= 0.3 is 0 Å². The molecule has 1 aromatic heterocycles. The van der Waals surface area contributed by atoms with E-state index in [1.807, 2.05) is 0 Å². The lowest BCUT2D eigenvalue weighted by molar-refractivity contribution is 0.724. The molecule has 1 fully saturated rings. The highest BCUT2D eigenvalue weighted by atomic mass is 15.3. The Morgan fingerprint density at radius 2 is 2.00 bits per heavy atom. The number of hydrogen-bond acceptors (Lipinski definition) is 3. The maximum atomic E-state index is 4.47. The molecule has 0 unspecified atom stereocenters. The second kappa shape index (κ2) is 6.09. The minimum absolute atomic E-state index is 1.03. The van der Waals surface area contributed by atoms with Crippen molar-refractivity contribution in [2.24, 2.45) is 0 Å². The third kappa shape index (κ3) is 2.85. The summed E-state index contributed by atoms with van der Waals surface area (Å²) in [7, 11) is 0. The van der Waals surface area contributed by atoms with Crippen LogP contribution >= 0.6 is 0 Å². The third-order valence-electron chi connectivity index (χ3n) is 3.90. The van der Waals surface area contributed by atoms with E-state index >= 15 is 0 Å². The molecule has 0 atom stereocenters. The van der Waals surface area contributed by atoms with E-state index in [-0.39, 0.29) is 0 Å². The van der Waals surface area contributed by atoms with E-state index in [1.165, 1.54) is 17.5 Å². The van der Waals surface area contributed by atoms with Gasteiger partial charge in [0.2, 0.25) is 0 Å². The molecule has 0 amide bonds. The molecular weight excluding hydrogens is 248 g/mol. The number of aromatic nitrogens is 2. The van der Waals surface area contributed by atoms with Crippen molar-refractivity contribution in [3.05, 3.63) is 35.9 Å². The zero-order valence-corrected chi connectivity index (χ0v) is 12.0. The Balaban J connectivity index is 1.78. The number of aryl methyl sites for hydroxylation is 1. The van der Waals surface area contributed by atoms with Gasteiger partial charge < -0.3 is 10.2 Å². The monoisotopic (exact) mass is 270 g/mol. The Bertz CT molecular complexity index is 536. The van der Waals surface area contributed by atoms with Gasteiger partial charge in [0.05, 0.1) is 5.69 Å². The lowest BCUT2D eigenvalue weighted by atomic mass is 10.1. The molecule has 2 N–H and O–H groups in total. The first-order chi connectivity index (χ1) is 9.86. The largest absolute Gasteiger partial charge is 0.354 e. The number of benzene rings is 1. The Morgan fingerprint density at radius 3 is 2.80 bits per heavy atom. The van der Waals surface area contributed by atoms with E-state index in [1.54, 1.807) is 0 Å². The average molecular weight is 270 g/mol. The number of nitrogens with one attached hydrogen (secondary N) is 2. The zero-order chi connectivity index (χ0) is 13.8. The second-order valence-corrected chi connectivity index (χ2v) is 5.28. The fourth-order valence-corrected chi connectivity index (χ4v) is 2.62. The summed E-state index contributed by atoms with van der Waals surface area (Å²) in [5, 5.41) is 11.1. The first-order valence-electron chi connectivity index (χ1n) is 7.47. The standard InChI is InChI=1S/C16H22N4/c1-2-13-4-6-14(7-5-13)15-12-16(19-18-15)20-10-3-8-17-9-11-20/h4-7,12,17H,2-3,8-11H2,1H3,(H,18,19). The van der Waals surface area contributed by atoms with Crippen molar-refractivity contribution in [3.8, 4) is 11.3 Å². The molecule has 4 nitrogen and oxygen atoms in total. The molecule has 2 aromatic rings. The highest BCUT2D eigenvalue weighted by Crippen LogP contribution is 2.22. The summed E-state index contributed by atoms with van der Waals surface area (Å²) in [6.45, 7) is 6.42. The van der Waals surface area contributed by atoms with Crippen LogP contribution < -0.4 is 10.2 Å². The highest BCUT2D eigenvalue weighted by Gasteiger charge is 2.13. The summed E-state index contributed by atoms with van der Waals surface area (Å²) >= 11 is 0. The fourth-order valence-electron chi connectivity index (χ4n) is 2.62. The Morgan fingerprint density at radius 1 is 1.15 bits per heavy atom. The van der Waals surface area contributed by atoms with Crippen LogP contribution in [0.25, 0.3) is 11.3 Å². The smallest absolute Gasteiger partial charge is 0.151 e. The van der Waals surface area contributed by atoms with Gasteiger partial charge in [0, 0.05) is 25.7 Å². The molecular formula is C16H22N4. The lowest BCUT2D eigenvalue weighted by Gasteiger charge is -2.18. The van der Waals surface area contributed by atoms with E-state index in [9.17, 15) is 0 Å². The van der Waals surface area contributed by atoms with Crippen LogP contribution in [0.4, 0.5) is 5.82 Å². The molecule has 0 bridgehead atoms. The first-order valence-corrected chi connectivity index (χ1v) is 7.47. The molecule has 0 spiro atoms. The first kappa shape index (κ1) is 13.2. The summed E-state index contributed by atoms with van der Waals surface area (Å²) in [4.78, 5) is 2.35. The molecule has 3 rings (SSSR count). The third-order valence-corrected chi connectivity index (χ3v) is 3.90. The van der Waals surface area contributed by atoms with Crippen molar-refractivity contribution in [3.63, 3.8) is 0 Å². The van der Waals surface area contributed by atoms with Crippen molar-refractivity contribution >= 4 is 5.82 Å². The van der Waals surface area contributed by atoms with E-state index in [4.69, 9.17) is 0 Å². The van der Waals surface area contributed by atoms with Crippen molar-refractivity contribution in [2.45, 2.75) is 19.8 Å². The van der Waals surface area contributed by atoms with Gasteiger partial charge in [-0.05, 0) is 30.5 Å². The molecule has 0 radical (unpaired) electrons. The number of hydrogen-bond donors (Lipinski definition) is 2. The minimum atomic E-state index is 1.03. The van der Waals surface area contributed by atoms with Gasteiger partial charge in [0.15, 0.2) is 5.82 Å². The molecule has 1 saturated heterocycles. The molecule has 4 heteroatoms. The zero-order valence-electron chi connectivity index (χ0n) is 12.0. The second-order valence-electron chi connectivity index (χ2n) is 5.28. The van der Waals surface area contributed by atoms with Gasteiger partial charge in [-0.2, -0.15) is 5.10 Å². The minimum Gasteiger partial charge on any atom is -0.354 e. The Hall–Kier alpha value is -1.81. The number of rotatable bonds is 3. The molecule has 2 heterocycles. The lowest BCUT2D eigenvalue weighted by Crippen LogP contribution is -2.28. The van der Waals surface area contributed by atoms with Gasteiger partial charge in [-0.3, -0.25) is 5.10 Å². The van der Waals surface area contributed by atoms with Crippen molar-refractivity contribution in [1.82, 2.24) is 15.5 Å². The van der Waals surface area contributed by atoms with Crippen molar-refractivity contribution < 1.29 is 0 Å². The van der Waals surface area contributed by atoms with Gasteiger partial charge in [-0.1, -0.05) is 31.2 Å². The van der Waals surface area contributed by atoms with Crippen LogP contribution in [-0.2, 0) is 6.42 Å². The molecule has 20 heavy (non-hydrogen) atoms. The van der Waals surface area contributed by atoms with Gasteiger partial charge in [-0.15, -0.1) is 0 Å². The highest BCUT2D eigenvalue weighted by molar-refractivity contribution is 5.63. The van der Waals surface area contributed by atoms with Gasteiger partial charge in [0.25, 0.3) is 0 Å². The van der Waals surface area contributed by atoms with Gasteiger partial charge in [0.1, 0.15) is 0 Å². The molecule has 0 aliphatic carbocycles. The summed E-state index contributed by atoms with van der Waals surface area (Å²) in [5.74, 6) is 1.06. The number of H-pyrrole nitrogens is 1. The molecule has 106 valence electrons. The SMILES string of the molecule is CCc1ccc(-c2cc(N3CCCNCC3)n[nH]2)cc1. The predicted octanol–water partition coefficient (Wildman–Crippen LogP) is 2.44. The molecule has 0 saturated carbocycles. The van der Waals surface area contributed by atoms with Crippen LogP contribution in [0.15, 0.2) is 30.3 Å². The van der Waals surface area contributed by atoms with Crippen LogP contribution in [0.2, 0.25) is 0 Å². The van der Waals surface area contributed by atoms with Crippen LogP contribution in [0, 0.1) is 0 Å². The van der Waals surface area contributed by atoms with Crippen LogP contribution in [0.1, 0.15) is 18.9 Å². The topological polar surface area (TPSA) is 44.0 Å². The summed E-state index contributed by atoms with van der Waals surface area (Å²) in [6, 6.07) is 10.9. The van der Waals surface area contributed by atoms with E-state index < -0.39 is 0 Å². The van der Waals surface area contributed by atoms with Crippen LogP contribution in [-0.4, -0.2) is 36.4 Å². The van der Waals surface area contributed by atoms with Crippen molar-refractivity contribution in [2.75, 3.05) is 31.1 Å². The molecule has 1 aliphatic heterocycles. The van der Waals surface area contributed by atoms with E-state index in [0.29, 0.717) is 0 Å². The Labute approximate surface area is 120 Å². The van der Waals surface area contributed by atoms with Crippen LogP contribution in [0.5, 0.6) is 0 Å². The molecule has 1 aliphatic rings. The number of anilines is 1. The summed E-state index contributed by atoms with van der Waals surface area (Å²) < 4.78 is 0. The Kier molecular flexibility index (Phi) is 4.02. The quantitative estimate of drug-likeness (QED) is 0.900. The maximum absolute atomic E-state index is 4.47. The van der Waals surface area contributed by atoms with Crippen LogP contribution in [0.3, 0.4) is 0 Å². The maximum Gasteiger partial charge on any atom is 0.151 e. The summed E-state index contributed by atoms with van der Waals surface area (Å²) in [5.41, 5.74) is 3.67. The summed E-state index contributed by atoms with van der Waals surface area (Å²) in [6.07, 6.45) is 2.25. The average Bonchev–Trinajstić information content (AvgIpc) is 2.83. The fraction of sp³-hybridized carbons (Fsp3) is 0.438. The number of nitrogens with zero attached hydrogens (tertiary/aromatic N) is 2. The van der Waals surface area contributed by atoms with E-state index in [2.05, 4.69) is 57.7 Å². The molecule has 1 aromatic carbocycles. The normalized spacial score (nSPS) is 16.1. The van der Waals surface area contributed by atoms with Gasteiger partial charge in [-0.25, -0.2) is 0 Å².